The molecule has 0 bridgehead atoms. The zero-order chi connectivity index (χ0) is 13.9. The van der Waals surface area contributed by atoms with Gasteiger partial charge in [-0.05, 0) is 26.0 Å². The number of carbonyl (C=O) groups is 1. The van der Waals surface area contributed by atoms with Crippen molar-refractivity contribution in [1.82, 2.24) is 4.90 Å². The van der Waals surface area contributed by atoms with E-state index in [9.17, 15) is 4.79 Å². The predicted octanol–water partition coefficient (Wildman–Crippen LogP) is 2.08. The fourth-order valence-corrected chi connectivity index (χ4v) is 2.49. The van der Waals surface area contributed by atoms with Gasteiger partial charge in [0.2, 0.25) is 0 Å². The molecule has 1 aliphatic carbocycles. The van der Waals surface area contributed by atoms with Crippen molar-refractivity contribution in [1.29, 1.82) is 0 Å². The molecule has 0 N–H and O–H groups in total. The van der Waals surface area contributed by atoms with Crippen molar-refractivity contribution >= 4 is 5.97 Å². The molecule has 1 aromatic rings. The molecule has 1 aliphatic rings. The zero-order valence-electron chi connectivity index (χ0n) is 11.8. The van der Waals surface area contributed by atoms with Gasteiger partial charge in [-0.25, -0.2) is 0 Å². The number of para-hydroxylation sites is 1. The SMILES string of the molecule is COC(=O)C1(CN(C)Cc2ccccc2OC)CC1. The third-order valence-corrected chi connectivity index (χ3v) is 3.68. The first-order chi connectivity index (χ1) is 9.11. The fourth-order valence-electron chi connectivity index (χ4n) is 2.49. The number of benzene rings is 1. The molecule has 4 nitrogen and oxygen atoms in total. The Labute approximate surface area is 114 Å². The molecule has 0 heterocycles. The van der Waals surface area contributed by atoms with Gasteiger partial charge in [-0.15, -0.1) is 0 Å². The van der Waals surface area contributed by atoms with Crippen LogP contribution >= 0.6 is 0 Å². The lowest BCUT2D eigenvalue weighted by molar-refractivity contribution is -0.147. The van der Waals surface area contributed by atoms with Crippen LogP contribution in [0.1, 0.15) is 18.4 Å². The summed E-state index contributed by atoms with van der Waals surface area (Å²) in [5, 5.41) is 0. The second kappa shape index (κ2) is 5.61. The lowest BCUT2D eigenvalue weighted by atomic mass is 10.1. The number of methoxy groups -OCH3 is 2. The first-order valence-electron chi connectivity index (χ1n) is 6.50. The molecule has 0 spiro atoms. The summed E-state index contributed by atoms with van der Waals surface area (Å²) in [6.07, 6.45) is 1.85. The summed E-state index contributed by atoms with van der Waals surface area (Å²) in [7, 11) is 5.16. The Hall–Kier alpha value is -1.55. The van der Waals surface area contributed by atoms with Gasteiger partial charge in [0.25, 0.3) is 0 Å². The van der Waals surface area contributed by atoms with Crippen LogP contribution in [0.5, 0.6) is 5.75 Å². The molecular formula is C15H21NO3. The van der Waals surface area contributed by atoms with Crippen LogP contribution in [0.2, 0.25) is 0 Å². The van der Waals surface area contributed by atoms with Gasteiger partial charge in [0.15, 0.2) is 0 Å². The number of rotatable bonds is 6. The summed E-state index contributed by atoms with van der Waals surface area (Å²) in [5.41, 5.74) is 0.860. The van der Waals surface area contributed by atoms with Crippen molar-refractivity contribution in [2.24, 2.45) is 5.41 Å². The van der Waals surface area contributed by atoms with Crippen LogP contribution in [-0.2, 0) is 16.1 Å². The molecule has 4 heteroatoms. The normalized spacial score (nSPS) is 16.2. The second-order valence-corrected chi connectivity index (χ2v) is 5.26. The number of hydrogen-bond acceptors (Lipinski definition) is 4. The van der Waals surface area contributed by atoms with Crippen LogP contribution in [0, 0.1) is 5.41 Å². The van der Waals surface area contributed by atoms with Crippen LogP contribution < -0.4 is 4.74 Å². The maximum absolute atomic E-state index is 11.7. The van der Waals surface area contributed by atoms with Crippen molar-refractivity contribution < 1.29 is 14.3 Å². The Morgan fingerprint density at radius 1 is 1.32 bits per heavy atom. The number of hydrogen-bond donors (Lipinski definition) is 0. The highest BCUT2D eigenvalue weighted by Gasteiger charge is 2.51. The Bertz CT molecular complexity index is 454. The van der Waals surface area contributed by atoms with Crippen LogP contribution in [0.25, 0.3) is 0 Å². The minimum absolute atomic E-state index is 0.0839. The molecular weight excluding hydrogens is 242 g/mol. The Balaban J connectivity index is 1.98. The topological polar surface area (TPSA) is 38.8 Å². The first-order valence-corrected chi connectivity index (χ1v) is 6.50. The molecule has 0 radical (unpaired) electrons. The zero-order valence-corrected chi connectivity index (χ0v) is 11.8. The molecule has 1 saturated carbocycles. The minimum atomic E-state index is -0.272. The average Bonchev–Trinajstić information content (AvgIpc) is 3.19. The van der Waals surface area contributed by atoms with Gasteiger partial charge in [-0.1, -0.05) is 18.2 Å². The van der Waals surface area contributed by atoms with E-state index in [4.69, 9.17) is 9.47 Å². The third-order valence-electron chi connectivity index (χ3n) is 3.68. The van der Waals surface area contributed by atoms with E-state index in [1.165, 1.54) is 7.11 Å². The predicted molar refractivity (Wildman–Crippen MR) is 73.0 cm³/mol. The van der Waals surface area contributed by atoms with Gasteiger partial charge in [0.1, 0.15) is 5.75 Å². The Morgan fingerprint density at radius 3 is 2.58 bits per heavy atom. The maximum atomic E-state index is 11.7. The first kappa shape index (κ1) is 13.9. The second-order valence-electron chi connectivity index (χ2n) is 5.26. The molecule has 1 fully saturated rings. The summed E-state index contributed by atoms with van der Waals surface area (Å²) >= 11 is 0. The van der Waals surface area contributed by atoms with Crippen molar-refractivity contribution in [3.63, 3.8) is 0 Å². The van der Waals surface area contributed by atoms with Gasteiger partial charge in [-0.3, -0.25) is 4.79 Å². The van der Waals surface area contributed by atoms with E-state index >= 15 is 0 Å². The Morgan fingerprint density at radius 2 is 2.00 bits per heavy atom. The van der Waals surface area contributed by atoms with Crippen molar-refractivity contribution in [3.05, 3.63) is 29.8 Å². The van der Waals surface area contributed by atoms with Crippen LogP contribution in [-0.4, -0.2) is 38.7 Å². The highest BCUT2D eigenvalue weighted by Crippen LogP contribution is 2.47. The Kier molecular flexibility index (Phi) is 4.10. The van der Waals surface area contributed by atoms with E-state index in [0.717, 1.165) is 37.2 Å². The quantitative estimate of drug-likeness (QED) is 0.737. The van der Waals surface area contributed by atoms with Gasteiger partial charge in [0, 0.05) is 18.7 Å². The summed E-state index contributed by atoms with van der Waals surface area (Å²) < 4.78 is 10.2. The molecule has 0 atom stereocenters. The summed E-state index contributed by atoms with van der Waals surface area (Å²) in [5.74, 6) is 0.802. The van der Waals surface area contributed by atoms with Gasteiger partial charge in [0.05, 0.1) is 19.6 Å². The molecule has 0 unspecified atom stereocenters. The molecule has 0 aromatic heterocycles. The van der Waals surface area contributed by atoms with E-state index < -0.39 is 0 Å². The molecule has 0 saturated heterocycles. The van der Waals surface area contributed by atoms with E-state index in [1.54, 1.807) is 7.11 Å². The summed E-state index contributed by atoms with van der Waals surface area (Å²) in [4.78, 5) is 13.9. The molecule has 2 rings (SSSR count). The smallest absolute Gasteiger partial charge is 0.313 e. The number of carbonyl (C=O) groups excluding carboxylic acids is 1. The van der Waals surface area contributed by atoms with Gasteiger partial charge in [-0.2, -0.15) is 0 Å². The largest absolute Gasteiger partial charge is 0.496 e. The number of esters is 1. The minimum Gasteiger partial charge on any atom is -0.496 e. The van der Waals surface area contributed by atoms with E-state index in [1.807, 2.05) is 31.3 Å². The van der Waals surface area contributed by atoms with Crippen LogP contribution in [0.4, 0.5) is 0 Å². The maximum Gasteiger partial charge on any atom is 0.313 e. The molecule has 1 aromatic carbocycles. The summed E-state index contributed by atoms with van der Waals surface area (Å²) in [6.45, 7) is 1.50. The van der Waals surface area contributed by atoms with E-state index in [-0.39, 0.29) is 11.4 Å². The lowest BCUT2D eigenvalue weighted by Crippen LogP contribution is -2.32. The van der Waals surface area contributed by atoms with Crippen molar-refractivity contribution in [2.75, 3.05) is 27.8 Å². The number of nitrogens with zero attached hydrogens (tertiary/aromatic N) is 1. The third kappa shape index (κ3) is 3.07. The van der Waals surface area contributed by atoms with Gasteiger partial charge < -0.3 is 14.4 Å². The average molecular weight is 263 g/mol. The van der Waals surface area contributed by atoms with E-state index in [2.05, 4.69) is 4.90 Å². The molecule has 0 aliphatic heterocycles. The van der Waals surface area contributed by atoms with Gasteiger partial charge >= 0.3 is 5.97 Å². The summed E-state index contributed by atoms with van der Waals surface area (Å²) in [6, 6.07) is 7.96. The monoisotopic (exact) mass is 263 g/mol. The fraction of sp³-hybridized carbons (Fsp3) is 0.533. The van der Waals surface area contributed by atoms with Crippen LogP contribution in [0.15, 0.2) is 24.3 Å². The standard InChI is InChI=1S/C15H21NO3/c1-16(11-15(8-9-15)14(17)19-3)10-12-6-4-5-7-13(12)18-2/h4-7H,8-11H2,1-3H3. The van der Waals surface area contributed by atoms with Crippen molar-refractivity contribution in [2.45, 2.75) is 19.4 Å². The molecule has 0 amide bonds. The highest BCUT2D eigenvalue weighted by molar-refractivity contribution is 5.80. The van der Waals surface area contributed by atoms with E-state index in [0.29, 0.717) is 0 Å². The lowest BCUT2D eigenvalue weighted by Gasteiger charge is -2.22. The van der Waals surface area contributed by atoms with Crippen molar-refractivity contribution in [3.8, 4) is 5.75 Å². The number of ether oxygens (including phenoxy) is 2. The molecule has 19 heavy (non-hydrogen) atoms. The molecule has 104 valence electrons. The highest BCUT2D eigenvalue weighted by atomic mass is 16.5. The van der Waals surface area contributed by atoms with Crippen LogP contribution in [0.3, 0.4) is 0 Å².